The molecule has 1 atom stereocenters. The highest BCUT2D eigenvalue weighted by Crippen LogP contribution is 1.91. The molecule has 0 aromatic heterocycles. The number of hydrogen-bond donors (Lipinski definition) is 0. The van der Waals surface area contributed by atoms with Crippen molar-refractivity contribution in [1.29, 1.82) is 0 Å². The van der Waals surface area contributed by atoms with E-state index in [0.717, 1.165) is 0 Å². The van der Waals surface area contributed by atoms with Crippen LogP contribution in [0.25, 0.3) is 0 Å². The SMILES string of the molecule is C#CC(C)C#CC(C)C. The highest BCUT2D eigenvalue weighted by Gasteiger charge is 1.86. The van der Waals surface area contributed by atoms with Gasteiger partial charge >= 0.3 is 0 Å². The summed E-state index contributed by atoms with van der Waals surface area (Å²) in [6, 6.07) is 0. The van der Waals surface area contributed by atoms with E-state index in [-0.39, 0.29) is 5.92 Å². The predicted molar refractivity (Wildman–Crippen MR) is 40.6 cm³/mol. The average molecular weight is 120 g/mol. The largest absolute Gasteiger partial charge is 0.119 e. The maximum Gasteiger partial charge on any atom is 0.0780 e. The van der Waals surface area contributed by atoms with Gasteiger partial charge in [-0.3, -0.25) is 0 Å². The monoisotopic (exact) mass is 120 g/mol. The van der Waals surface area contributed by atoms with Crippen LogP contribution in [0.2, 0.25) is 0 Å². The van der Waals surface area contributed by atoms with Crippen LogP contribution in [-0.2, 0) is 0 Å². The van der Waals surface area contributed by atoms with Gasteiger partial charge in [-0.2, -0.15) is 0 Å². The third-order valence-corrected chi connectivity index (χ3v) is 0.839. The molecule has 0 radical (unpaired) electrons. The van der Waals surface area contributed by atoms with Crippen LogP contribution in [-0.4, -0.2) is 0 Å². The zero-order chi connectivity index (χ0) is 7.28. The second-order valence-corrected chi connectivity index (χ2v) is 2.33. The lowest BCUT2D eigenvalue weighted by Gasteiger charge is -1.89. The Labute approximate surface area is 57.7 Å². The van der Waals surface area contributed by atoms with Crippen molar-refractivity contribution in [2.45, 2.75) is 20.8 Å². The van der Waals surface area contributed by atoms with E-state index in [1.54, 1.807) is 0 Å². The lowest BCUT2D eigenvalue weighted by molar-refractivity contribution is 0.860. The van der Waals surface area contributed by atoms with E-state index in [0.29, 0.717) is 5.92 Å². The first-order valence-electron chi connectivity index (χ1n) is 3.14. The second kappa shape index (κ2) is 4.04. The van der Waals surface area contributed by atoms with E-state index >= 15 is 0 Å². The van der Waals surface area contributed by atoms with Gasteiger partial charge in [-0.05, 0) is 6.92 Å². The van der Waals surface area contributed by atoms with E-state index < -0.39 is 0 Å². The fraction of sp³-hybridized carbons (Fsp3) is 0.556. The Bertz CT molecular complexity index is 159. The number of terminal acetylenes is 1. The summed E-state index contributed by atoms with van der Waals surface area (Å²) in [6.07, 6.45) is 5.11. The molecule has 0 aliphatic carbocycles. The summed E-state index contributed by atoms with van der Waals surface area (Å²) in [6.45, 7) is 6.03. The highest BCUT2D eigenvalue weighted by atomic mass is 13.9. The normalized spacial score (nSPS) is 11.4. The van der Waals surface area contributed by atoms with Crippen LogP contribution in [0.4, 0.5) is 0 Å². The quantitative estimate of drug-likeness (QED) is 0.428. The van der Waals surface area contributed by atoms with E-state index in [4.69, 9.17) is 6.42 Å². The summed E-state index contributed by atoms with van der Waals surface area (Å²) >= 11 is 0. The van der Waals surface area contributed by atoms with Gasteiger partial charge in [0.15, 0.2) is 0 Å². The Morgan fingerprint density at radius 3 is 2.00 bits per heavy atom. The first-order valence-corrected chi connectivity index (χ1v) is 3.14. The van der Waals surface area contributed by atoms with Gasteiger partial charge in [-0.1, -0.05) is 31.6 Å². The van der Waals surface area contributed by atoms with Gasteiger partial charge < -0.3 is 0 Å². The molecule has 0 amide bonds. The third-order valence-electron chi connectivity index (χ3n) is 0.839. The van der Waals surface area contributed by atoms with Gasteiger partial charge in [0.25, 0.3) is 0 Å². The average Bonchev–Trinajstić information content (AvgIpc) is 1.83. The summed E-state index contributed by atoms with van der Waals surface area (Å²) in [5.74, 6) is 9.03. The lowest BCUT2D eigenvalue weighted by atomic mass is 10.1. The Morgan fingerprint density at radius 1 is 1.11 bits per heavy atom. The molecule has 0 bridgehead atoms. The standard InChI is InChI=1S/C9H12/c1-5-9(4)7-6-8(2)3/h1,8-9H,2-4H3. The Hall–Kier alpha value is -0.880. The van der Waals surface area contributed by atoms with Crippen LogP contribution < -0.4 is 0 Å². The Kier molecular flexibility index (Phi) is 3.65. The van der Waals surface area contributed by atoms with E-state index in [1.807, 2.05) is 6.92 Å². The van der Waals surface area contributed by atoms with Crippen LogP contribution in [0.5, 0.6) is 0 Å². The molecule has 9 heavy (non-hydrogen) atoms. The molecule has 0 rings (SSSR count). The molecule has 0 nitrogen and oxygen atoms in total. The van der Waals surface area contributed by atoms with Crippen LogP contribution in [0.3, 0.4) is 0 Å². The van der Waals surface area contributed by atoms with Gasteiger partial charge in [0.1, 0.15) is 0 Å². The highest BCUT2D eigenvalue weighted by molar-refractivity contribution is 5.13. The van der Waals surface area contributed by atoms with Crippen molar-refractivity contribution in [3.8, 4) is 24.2 Å². The first kappa shape index (κ1) is 8.12. The maximum absolute atomic E-state index is 5.11. The zero-order valence-corrected chi connectivity index (χ0v) is 6.23. The molecule has 48 valence electrons. The number of rotatable bonds is 0. The molecular formula is C9H12. The summed E-state index contributed by atoms with van der Waals surface area (Å²) in [5.41, 5.74) is 0. The molecule has 0 fully saturated rings. The lowest BCUT2D eigenvalue weighted by Crippen LogP contribution is -1.85. The molecule has 0 aliphatic rings. The second-order valence-electron chi connectivity index (χ2n) is 2.33. The molecule has 0 saturated heterocycles. The van der Waals surface area contributed by atoms with Crippen LogP contribution >= 0.6 is 0 Å². The Balaban J connectivity index is 3.76. The van der Waals surface area contributed by atoms with Gasteiger partial charge in [0, 0.05) is 5.92 Å². The van der Waals surface area contributed by atoms with E-state index in [9.17, 15) is 0 Å². The summed E-state index contributed by atoms with van der Waals surface area (Å²) < 4.78 is 0. The van der Waals surface area contributed by atoms with Crippen LogP contribution in [0.1, 0.15) is 20.8 Å². The van der Waals surface area contributed by atoms with Gasteiger partial charge in [-0.15, -0.1) is 6.42 Å². The van der Waals surface area contributed by atoms with Crippen molar-refractivity contribution < 1.29 is 0 Å². The predicted octanol–water partition coefficient (Wildman–Crippen LogP) is 1.92. The molecule has 0 heterocycles. The molecule has 0 aliphatic heterocycles. The molecule has 0 spiro atoms. The molecule has 0 N–H and O–H groups in total. The van der Waals surface area contributed by atoms with Crippen molar-refractivity contribution in [3.63, 3.8) is 0 Å². The topological polar surface area (TPSA) is 0 Å². The molecule has 0 heteroatoms. The maximum atomic E-state index is 5.11. The first-order chi connectivity index (χ1) is 4.16. The summed E-state index contributed by atoms with van der Waals surface area (Å²) in [5, 5.41) is 0. The fourth-order valence-electron chi connectivity index (χ4n) is 0.333. The van der Waals surface area contributed by atoms with Gasteiger partial charge in [0.2, 0.25) is 0 Å². The molecule has 0 aromatic carbocycles. The van der Waals surface area contributed by atoms with Crippen molar-refractivity contribution >= 4 is 0 Å². The van der Waals surface area contributed by atoms with Crippen LogP contribution in [0, 0.1) is 36.0 Å². The zero-order valence-electron chi connectivity index (χ0n) is 6.23. The molecule has 1 unspecified atom stereocenters. The van der Waals surface area contributed by atoms with Gasteiger partial charge in [-0.25, -0.2) is 0 Å². The fourth-order valence-corrected chi connectivity index (χ4v) is 0.333. The molecule has 0 aromatic rings. The molecule has 0 saturated carbocycles. The van der Waals surface area contributed by atoms with Crippen LogP contribution in [0.15, 0.2) is 0 Å². The smallest absolute Gasteiger partial charge is 0.0780 e. The minimum Gasteiger partial charge on any atom is -0.119 e. The Morgan fingerprint density at radius 2 is 1.67 bits per heavy atom. The summed E-state index contributed by atoms with van der Waals surface area (Å²) in [4.78, 5) is 0. The molecular weight excluding hydrogens is 108 g/mol. The minimum absolute atomic E-state index is 0.104. The van der Waals surface area contributed by atoms with Crippen molar-refractivity contribution in [3.05, 3.63) is 0 Å². The van der Waals surface area contributed by atoms with Crippen molar-refractivity contribution in [2.75, 3.05) is 0 Å². The van der Waals surface area contributed by atoms with Crippen molar-refractivity contribution in [2.24, 2.45) is 11.8 Å². The van der Waals surface area contributed by atoms with Crippen molar-refractivity contribution in [1.82, 2.24) is 0 Å². The third kappa shape index (κ3) is 4.98. The van der Waals surface area contributed by atoms with Gasteiger partial charge in [0.05, 0.1) is 5.92 Å². The van der Waals surface area contributed by atoms with E-state index in [1.165, 1.54) is 0 Å². The number of hydrogen-bond acceptors (Lipinski definition) is 0. The van der Waals surface area contributed by atoms with E-state index in [2.05, 4.69) is 31.6 Å². The summed E-state index contributed by atoms with van der Waals surface area (Å²) in [7, 11) is 0. The minimum atomic E-state index is 0.104.